The third-order valence-electron chi connectivity index (χ3n) is 3.32. The molecule has 0 saturated heterocycles. The second-order valence-corrected chi connectivity index (χ2v) is 5.90. The highest BCUT2D eigenvalue weighted by Gasteiger charge is 2.12. The summed E-state index contributed by atoms with van der Waals surface area (Å²) < 4.78 is 6.75. The molecule has 7 heteroatoms. The van der Waals surface area contributed by atoms with Gasteiger partial charge in [-0.1, -0.05) is 12.1 Å². The van der Waals surface area contributed by atoms with E-state index >= 15 is 0 Å². The van der Waals surface area contributed by atoms with E-state index in [0.29, 0.717) is 11.5 Å². The summed E-state index contributed by atoms with van der Waals surface area (Å²) in [4.78, 5) is 4.50. The van der Waals surface area contributed by atoms with Gasteiger partial charge in [0, 0.05) is 6.08 Å². The highest BCUT2D eigenvalue weighted by Crippen LogP contribution is 2.31. The molecule has 118 valence electrons. The van der Waals surface area contributed by atoms with Crippen LogP contribution in [0, 0.1) is 34.0 Å². The summed E-state index contributed by atoms with van der Waals surface area (Å²) in [7, 11) is 0. The molecule has 25 heavy (non-hydrogen) atoms. The number of benzene rings is 1. The maximum Gasteiger partial charge on any atom is 0.163 e. The van der Waals surface area contributed by atoms with Gasteiger partial charge in [0.25, 0.3) is 0 Å². The van der Waals surface area contributed by atoms with Gasteiger partial charge >= 0.3 is 0 Å². The van der Waals surface area contributed by atoms with E-state index in [1.807, 2.05) is 30.3 Å². The summed E-state index contributed by atoms with van der Waals surface area (Å²) >= 11 is 1.50. The van der Waals surface area contributed by atoms with Crippen LogP contribution in [0.5, 0.6) is 0 Å². The first kappa shape index (κ1) is 16.0. The van der Waals surface area contributed by atoms with Crippen molar-refractivity contribution in [1.29, 1.82) is 15.8 Å². The van der Waals surface area contributed by atoms with Crippen LogP contribution in [0.25, 0.3) is 27.1 Å². The number of nitrogens with zero attached hydrogens (tertiary/aromatic N) is 4. The van der Waals surface area contributed by atoms with E-state index in [9.17, 15) is 5.26 Å². The fourth-order valence-corrected chi connectivity index (χ4v) is 3.04. The Hall–Kier alpha value is -3.86. The summed E-state index contributed by atoms with van der Waals surface area (Å²) in [6, 6.07) is 16.4. The second kappa shape index (κ2) is 6.72. The number of fused-ring (bicyclic) bond motifs is 1. The molecule has 2 aromatic heterocycles. The molecule has 0 aliphatic carbocycles. The molecule has 0 fully saturated rings. The maximum atomic E-state index is 9.21. The van der Waals surface area contributed by atoms with Crippen molar-refractivity contribution in [3.8, 4) is 29.0 Å². The van der Waals surface area contributed by atoms with Crippen LogP contribution in [0.15, 0.2) is 57.7 Å². The van der Waals surface area contributed by atoms with E-state index in [1.165, 1.54) is 17.4 Å². The molecule has 2 heterocycles. The summed E-state index contributed by atoms with van der Waals surface area (Å²) in [6.45, 7) is 0. The summed E-state index contributed by atoms with van der Waals surface area (Å²) in [5.41, 5.74) is 6.08. The van der Waals surface area contributed by atoms with Crippen molar-refractivity contribution in [3.05, 3.63) is 59.0 Å². The zero-order chi connectivity index (χ0) is 17.8. The molecule has 0 saturated carbocycles. The molecular weight excluding hydrogens is 334 g/mol. The van der Waals surface area contributed by atoms with E-state index in [-0.39, 0.29) is 16.8 Å². The zero-order valence-electron chi connectivity index (χ0n) is 12.7. The van der Waals surface area contributed by atoms with Crippen molar-refractivity contribution < 1.29 is 4.42 Å². The van der Waals surface area contributed by atoms with Crippen LogP contribution in [0.4, 0.5) is 0 Å². The largest absolute Gasteiger partial charge is 0.454 e. The van der Waals surface area contributed by atoms with Gasteiger partial charge in [-0.3, -0.25) is 0 Å². The van der Waals surface area contributed by atoms with Crippen LogP contribution in [0.2, 0.25) is 0 Å². The fraction of sp³-hybridized carbons (Fsp3) is 0. The van der Waals surface area contributed by atoms with E-state index in [0.717, 1.165) is 15.2 Å². The van der Waals surface area contributed by atoms with E-state index in [2.05, 4.69) is 4.98 Å². The van der Waals surface area contributed by atoms with Crippen LogP contribution in [0.3, 0.4) is 0 Å². The average molecular weight is 343 g/mol. The van der Waals surface area contributed by atoms with Crippen LogP contribution < -0.4 is 5.73 Å². The number of furan rings is 1. The highest BCUT2D eigenvalue weighted by molar-refractivity contribution is 7.21. The number of hydrogen-bond acceptors (Lipinski definition) is 7. The van der Waals surface area contributed by atoms with E-state index in [4.69, 9.17) is 20.7 Å². The lowest BCUT2D eigenvalue weighted by Gasteiger charge is -1.97. The molecule has 3 aromatic rings. The predicted octanol–water partition coefficient (Wildman–Crippen LogP) is 3.72. The van der Waals surface area contributed by atoms with E-state index in [1.54, 1.807) is 24.3 Å². The number of hydrogen-bond donors (Lipinski definition) is 1. The summed E-state index contributed by atoms with van der Waals surface area (Å²) in [6.07, 6.45) is 1.39. The molecule has 1 aromatic carbocycles. The minimum atomic E-state index is -0.314. The zero-order valence-corrected chi connectivity index (χ0v) is 13.5. The third-order valence-corrected chi connectivity index (χ3v) is 4.37. The molecular formula is C18H9N5OS. The van der Waals surface area contributed by atoms with Crippen molar-refractivity contribution in [1.82, 2.24) is 4.98 Å². The fourth-order valence-electron chi connectivity index (χ4n) is 2.12. The maximum absolute atomic E-state index is 9.21. The minimum absolute atomic E-state index is 0.0108. The van der Waals surface area contributed by atoms with Crippen LogP contribution in [0.1, 0.15) is 5.76 Å². The number of rotatable bonds is 3. The number of para-hydroxylation sites is 1. The average Bonchev–Trinajstić information content (AvgIpc) is 3.27. The number of allylic oxidation sites excluding steroid dienone is 2. The normalized spacial score (nSPS) is 10.7. The van der Waals surface area contributed by atoms with Gasteiger partial charge in [0.15, 0.2) is 16.3 Å². The molecule has 0 bridgehead atoms. The Bertz CT molecular complexity index is 1100. The molecule has 0 spiro atoms. The van der Waals surface area contributed by atoms with E-state index < -0.39 is 0 Å². The van der Waals surface area contributed by atoms with Gasteiger partial charge in [-0.05, 0) is 24.3 Å². The topological polar surface area (TPSA) is 123 Å². The molecule has 0 amide bonds. The lowest BCUT2D eigenvalue weighted by atomic mass is 10.1. The molecule has 3 rings (SSSR count). The Morgan fingerprint density at radius 3 is 2.52 bits per heavy atom. The Morgan fingerprint density at radius 1 is 1.08 bits per heavy atom. The van der Waals surface area contributed by atoms with Crippen molar-refractivity contribution in [2.75, 3.05) is 0 Å². The first-order valence-corrected chi connectivity index (χ1v) is 7.86. The van der Waals surface area contributed by atoms with Gasteiger partial charge < -0.3 is 10.2 Å². The Morgan fingerprint density at radius 2 is 1.84 bits per heavy atom. The Kier molecular flexibility index (Phi) is 4.30. The number of nitrogens with two attached hydrogens (primary N) is 1. The predicted molar refractivity (Wildman–Crippen MR) is 93.4 cm³/mol. The minimum Gasteiger partial charge on any atom is -0.454 e. The third kappa shape index (κ3) is 3.11. The van der Waals surface area contributed by atoms with Crippen molar-refractivity contribution in [2.45, 2.75) is 0 Å². The molecule has 0 aliphatic rings. The van der Waals surface area contributed by atoms with Gasteiger partial charge in [-0.15, -0.1) is 11.3 Å². The summed E-state index contributed by atoms with van der Waals surface area (Å²) in [5.74, 6) is 0.942. The van der Waals surface area contributed by atoms with Crippen LogP contribution in [-0.2, 0) is 0 Å². The first-order chi connectivity index (χ1) is 12.2. The lowest BCUT2D eigenvalue weighted by Crippen LogP contribution is -2.03. The number of aromatic nitrogens is 1. The second-order valence-electron chi connectivity index (χ2n) is 4.87. The molecule has 0 radical (unpaired) electrons. The monoisotopic (exact) mass is 343 g/mol. The Labute approximate surface area is 147 Å². The number of thiazole rings is 1. The smallest absolute Gasteiger partial charge is 0.163 e. The van der Waals surface area contributed by atoms with Gasteiger partial charge in [0.1, 0.15) is 24.0 Å². The quantitative estimate of drug-likeness (QED) is 0.571. The molecule has 2 N–H and O–H groups in total. The standard InChI is InChI=1S/C18H9N5OS/c19-8-11(17(22)12(9-20)10-21)7-13-5-6-15(24-13)18-23-14-3-1-2-4-16(14)25-18/h1-7H,22H2/b11-7+. The van der Waals surface area contributed by atoms with Crippen molar-refractivity contribution in [2.24, 2.45) is 5.73 Å². The van der Waals surface area contributed by atoms with Crippen LogP contribution in [-0.4, -0.2) is 4.98 Å². The van der Waals surface area contributed by atoms with Gasteiger partial charge in [-0.25, -0.2) is 4.98 Å². The van der Waals surface area contributed by atoms with Gasteiger partial charge in [0.05, 0.1) is 21.5 Å². The van der Waals surface area contributed by atoms with Crippen molar-refractivity contribution >= 4 is 27.6 Å². The molecule has 0 aliphatic heterocycles. The number of nitriles is 3. The molecule has 0 atom stereocenters. The van der Waals surface area contributed by atoms with Gasteiger partial charge in [-0.2, -0.15) is 15.8 Å². The Balaban J connectivity index is 1.98. The summed E-state index contributed by atoms with van der Waals surface area (Å²) in [5, 5.41) is 27.6. The van der Waals surface area contributed by atoms with Crippen molar-refractivity contribution in [3.63, 3.8) is 0 Å². The highest BCUT2D eigenvalue weighted by atomic mass is 32.1. The SMILES string of the molecule is N#CC(C#N)=C(N)/C(C#N)=C/c1ccc(-c2nc3ccccc3s2)o1. The molecule has 0 unspecified atom stereocenters. The lowest BCUT2D eigenvalue weighted by molar-refractivity contribution is 0.571. The molecule has 6 nitrogen and oxygen atoms in total. The van der Waals surface area contributed by atoms with Gasteiger partial charge in [0.2, 0.25) is 0 Å². The first-order valence-electron chi connectivity index (χ1n) is 7.04. The van der Waals surface area contributed by atoms with Crippen LogP contribution >= 0.6 is 11.3 Å².